The predicted octanol–water partition coefficient (Wildman–Crippen LogP) is 0.454. The number of urea groups is 1. The Morgan fingerprint density at radius 1 is 1.45 bits per heavy atom. The number of hydrogen-bond donors (Lipinski definition) is 4. The highest BCUT2D eigenvalue weighted by molar-refractivity contribution is 7.94. The number of anilines is 1. The van der Waals surface area contributed by atoms with Crippen LogP contribution in [0.3, 0.4) is 0 Å². The van der Waals surface area contributed by atoms with Crippen LogP contribution in [0.15, 0.2) is 17.6 Å². The van der Waals surface area contributed by atoms with E-state index in [1.165, 1.54) is 12.1 Å². The number of carboxylic acid groups (broad SMARTS) is 1. The van der Waals surface area contributed by atoms with E-state index in [-0.39, 0.29) is 17.1 Å². The lowest BCUT2D eigenvalue weighted by molar-refractivity contribution is 0.0692. The molecule has 0 radical (unpaired) electrons. The number of nitrogens with one attached hydrogen (secondary N) is 3. The predicted molar refractivity (Wildman–Crippen MR) is 71.4 cm³/mol. The first-order chi connectivity index (χ1) is 9.27. The van der Waals surface area contributed by atoms with Crippen LogP contribution in [0.4, 0.5) is 10.5 Å². The SMILES string of the molecule is Cc1cc(NC(=O)NC2C=CS(=O)(=O)C2)c(C(=O)O)[nH]1. The minimum atomic E-state index is -3.25. The molecule has 20 heavy (non-hydrogen) atoms. The number of aryl methyl sites for hydroxylation is 1. The van der Waals surface area contributed by atoms with Crippen molar-refractivity contribution < 1.29 is 23.1 Å². The number of hydrogen-bond acceptors (Lipinski definition) is 4. The Hall–Kier alpha value is -2.29. The van der Waals surface area contributed by atoms with Gasteiger partial charge >= 0.3 is 12.0 Å². The summed E-state index contributed by atoms with van der Waals surface area (Å²) < 4.78 is 22.4. The molecule has 1 unspecified atom stereocenters. The van der Waals surface area contributed by atoms with Gasteiger partial charge in [0, 0.05) is 11.1 Å². The van der Waals surface area contributed by atoms with Crippen LogP contribution in [0.25, 0.3) is 0 Å². The minimum Gasteiger partial charge on any atom is -0.477 e. The van der Waals surface area contributed by atoms with Crippen LogP contribution in [0.2, 0.25) is 0 Å². The van der Waals surface area contributed by atoms with Gasteiger partial charge in [-0.05, 0) is 19.1 Å². The zero-order valence-corrected chi connectivity index (χ0v) is 11.3. The molecule has 0 saturated carbocycles. The molecular formula is C11H13N3O5S. The zero-order chi connectivity index (χ0) is 14.9. The van der Waals surface area contributed by atoms with E-state index >= 15 is 0 Å². The van der Waals surface area contributed by atoms with E-state index in [4.69, 9.17) is 5.11 Å². The Morgan fingerprint density at radius 3 is 2.70 bits per heavy atom. The van der Waals surface area contributed by atoms with Crippen LogP contribution >= 0.6 is 0 Å². The van der Waals surface area contributed by atoms with Crippen molar-refractivity contribution in [1.29, 1.82) is 0 Å². The first kappa shape index (κ1) is 14.1. The van der Waals surface area contributed by atoms with E-state index in [0.29, 0.717) is 5.69 Å². The van der Waals surface area contributed by atoms with Gasteiger partial charge in [-0.2, -0.15) is 0 Å². The Bertz CT molecular complexity index is 689. The summed E-state index contributed by atoms with van der Waals surface area (Å²) in [5, 5.41) is 14.8. The van der Waals surface area contributed by atoms with Gasteiger partial charge in [0.05, 0.1) is 17.5 Å². The summed E-state index contributed by atoms with van der Waals surface area (Å²) in [4.78, 5) is 25.3. The molecule has 108 valence electrons. The summed E-state index contributed by atoms with van der Waals surface area (Å²) >= 11 is 0. The molecule has 4 N–H and O–H groups in total. The van der Waals surface area contributed by atoms with Gasteiger partial charge in [0.1, 0.15) is 5.69 Å². The molecule has 1 aliphatic rings. The zero-order valence-electron chi connectivity index (χ0n) is 10.5. The number of sulfone groups is 1. The van der Waals surface area contributed by atoms with E-state index < -0.39 is 27.9 Å². The molecular weight excluding hydrogens is 286 g/mol. The largest absolute Gasteiger partial charge is 0.477 e. The standard InChI is InChI=1S/C11H13N3O5S/c1-6-4-8(9(12-6)10(15)16)14-11(17)13-7-2-3-20(18,19)5-7/h2-4,7,12H,5H2,1H3,(H,15,16)(H2,13,14,17). The second kappa shape index (κ2) is 5.00. The van der Waals surface area contributed by atoms with Crippen molar-refractivity contribution in [3.8, 4) is 0 Å². The van der Waals surface area contributed by atoms with E-state index in [1.807, 2.05) is 0 Å². The lowest BCUT2D eigenvalue weighted by Gasteiger charge is -2.10. The van der Waals surface area contributed by atoms with Crippen molar-refractivity contribution in [2.24, 2.45) is 0 Å². The maximum atomic E-state index is 11.7. The Balaban J connectivity index is 2.02. The van der Waals surface area contributed by atoms with E-state index in [2.05, 4.69) is 15.6 Å². The number of H-pyrrole nitrogens is 1. The number of aromatic amines is 1. The van der Waals surface area contributed by atoms with Gasteiger partial charge in [0.2, 0.25) is 0 Å². The number of aromatic nitrogens is 1. The normalized spacial score (nSPS) is 19.8. The van der Waals surface area contributed by atoms with E-state index in [9.17, 15) is 18.0 Å². The summed E-state index contributed by atoms with van der Waals surface area (Å²) in [7, 11) is -3.25. The molecule has 0 fully saturated rings. The third-order valence-electron chi connectivity index (χ3n) is 2.66. The summed E-state index contributed by atoms with van der Waals surface area (Å²) in [6.07, 6.45) is 1.37. The molecule has 1 aromatic rings. The van der Waals surface area contributed by atoms with Gasteiger partial charge in [0.15, 0.2) is 9.84 Å². The van der Waals surface area contributed by atoms with Crippen LogP contribution in [0.5, 0.6) is 0 Å². The lowest BCUT2D eigenvalue weighted by atomic mass is 10.3. The maximum Gasteiger partial charge on any atom is 0.354 e. The molecule has 0 saturated heterocycles. The third kappa shape index (κ3) is 3.18. The number of carbonyl (C=O) groups is 2. The average molecular weight is 299 g/mol. The second-order valence-electron chi connectivity index (χ2n) is 4.41. The van der Waals surface area contributed by atoms with Crippen LogP contribution < -0.4 is 10.6 Å². The Kier molecular flexibility index (Phi) is 3.53. The molecule has 1 atom stereocenters. The first-order valence-corrected chi connectivity index (χ1v) is 7.40. The number of aromatic carboxylic acids is 1. The van der Waals surface area contributed by atoms with Gasteiger partial charge in [-0.15, -0.1) is 0 Å². The Morgan fingerprint density at radius 2 is 2.15 bits per heavy atom. The van der Waals surface area contributed by atoms with Crippen molar-refractivity contribution in [2.45, 2.75) is 13.0 Å². The molecule has 8 nitrogen and oxygen atoms in total. The Labute approximate surface area is 114 Å². The third-order valence-corrected chi connectivity index (χ3v) is 4.06. The number of carboxylic acids is 1. The number of rotatable bonds is 3. The van der Waals surface area contributed by atoms with Crippen LogP contribution in [-0.4, -0.2) is 42.3 Å². The highest BCUT2D eigenvalue weighted by Gasteiger charge is 2.23. The summed E-state index contributed by atoms with van der Waals surface area (Å²) in [5.41, 5.74) is 0.575. The number of carbonyl (C=O) groups excluding carboxylic acids is 1. The fourth-order valence-electron chi connectivity index (χ4n) is 1.85. The van der Waals surface area contributed by atoms with Crippen molar-refractivity contribution in [3.05, 3.63) is 28.9 Å². The summed E-state index contributed by atoms with van der Waals surface area (Å²) in [5.74, 6) is -1.39. The van der Waals surface area contributed by atoms with Gasteiger partial charge in [0.25, 0.3) is 0 Å². The quantitative estimate of drug-likeness (QED) is 0.644. The van der Waals surface area contributed by atoms with E-state index in [0.717, 1.165) is 5.41 Å². The number of amides is 2. The molecule has 2 rings (SSSR count). The molecule has 1 aliphatic heterocycles. The molecule has 0 bridgehead atoms. The molecule has 1 aromatic heterocycles. The minimum absolute atomic E-state index is 0.123. The summed E-state index contributed by atoms with van der Waals surface area (Å²) in [6.45, 7) is 1.65. The van der Waals surface area contributed by atoms with Crippen LogP contribution in [-0.2, 0) is 9.84 Å². The molecule has 9 heteroatoms. The van der Waals surface area contributed by atoms with Gasteiger partial charge in [-0.25, -0.2) is 18.0 Å². The maximum absolute atomic E-state index is 11.7. The van der Waals surface area contributed by atoms with E-state index in [1.54, 1.807) is 6.92 Å². The highest BCUT2D eigenvalue weighted by atomic mass is 32.2. The molecule has 2 heterocycles. The van der Waals surface area contributed by atoms with Crippen molar-refractivity contribution in [1.82, 2.24) is 10.3 Å². The average Bonchev–Trinajstić information content (AvgIpc) is 2.82. The fourth-order valence-corrected chi connectivity index (χ4v) is 3.08. The van der Waals surface area contributed by atoms with Gasteiger partial charge in [-0.1, -0.05) is 0 Å². The topological polar surface area (TPSA) is 128 Å². The van der Waals surface area contributed by atoms with Gasteiger partial charge < -0.3 is 20.7 Å². The summed E-state index contributed by atoms with van der Waals surface area (Å²) in [6, 6.07) is 0.191. The molecule has 0 spiro atoms. The molecule has 0 aromatic carbocycles. The smallest absolute Gasteiger partial charge is 0.354 e. The van der Waals surface area contributed by atoms with Crippen molar-refractivity contribution >= 4 is 27.5 Å². The van der Waals surface area contributed by atoms with Crippen LogP contribution in [0.1, 0.15) is 16.2 Å². The monoisotopic (exact) mass is 299 g/mol. The lowest BCUT2D eigenvalue weighted by Crippen LogP contribution is -2.38. The fraction of sp³-hybridized carbons (Fsp3) is 0.273. The van der Waals surface area contributed by atoms with Gasteiger partial charge in [-0.3, -0.25) is 0 Å². The molecule has 2 amide bonds. The van der Waals surface area contributed by atoms with Crippen molar-refractivity contribution in [3.63, 3.8) is 0 Å². The van der Waals surface area contributed by atoms with Crippen LogP contribution in [0, 0.1) is 6.92 Å². The second-order valence-corrected chi connectivity index (χ2v) is 6.34. The highest BCUT2D eigenvalue weighted by Crippen LogP contribution is 2.17. The van der Waals surface area contributed by atoms with Crippen molar-refractivity contribution in [2.75, 3.05) is 11.1 Å². The molecule has 0 aliphatic carbocycles. The first-order valence-electron chi connectivity index (χ1n) is 5.68.